The molecule has 0 fully saturated rings. The minimum atomic E-state index is -0.170. The Morgan fingerprint density at radius 2 is 1.94 bits per heavy atom. The fourth-order valence-electron chi connectivity index (χ4n) is 1.47. The second-order valence-corrected chi connectivity index (χ2v) is 3.92. The molecule has 1 amide bonds. The summed E-state index contributed by atoms with van der Waals surface area (Å²) in [4.78, 5) is 11.0. The van der Waals surface area contributed by atoms with Crippen molar-refractivity contribution < 1.29 is 14.3 Å². The molecule has 0 saturated heterocycles. The van der Waals surface area contributed by atoms with Crippen molar-refractivity contribution in [3.8, 4) is 11.5 Å². The van der Waals surface area contributed by atoms with E-state index >= 15 is 0 Å². The standard InChI is InChI=1S/C11H12ClNO3/c1-7(14)13-9-6-11-10(5-8(9)12)15-3-2-4-16-11/h5-6H,2-4H2,1H3,(H,13,14). The Hall–Kier alpha value is -1.42. The van der Waals surface area contributed by atoms with Gasteiger partial charge in [0.15, 0.2) is 11.5 Å². The van der Waals surface area contributed by atoms with Crippen molar-refractivity contribution in [2.24, 2.45) is 0 Å². The van der Waals surface area contributed by atoms with E-state index in [1.165, 1.54) is 6.92 Å². The largest absolute Gasteiger partial charge is 0.490 e. The van der Waals surface area contributed by atoms with Gasteiger partial charge in [0.25, 0.3) is 0 Å². The molecule has 1 heterocycles. The molecule has 0 aromatic heterocycles. The number of nitrogens with one attached hydrogen (secondary N) is 1. The molecule has 0 spiro atoms. The number of ether oxygens (including phenoxy) is 2. The Kier molecular flexibility index (Phi) is 3.19. The van der Waals surface area contributed by atoms with Gasteiger partial charge in [-0.1, -0.05) is 11.6 Å². The number of carbonyl (C=O) groups is 1. The number of carbonyl (C=O) groups excluding carboxylic acids is 1. The van der Waals surface area contributed by atoms with Crippen LogP contribution in [0.4, 0.5) is 5.69 Å². The molecule has 0 aliphatic carbocycles. The van der Waals surface area contributed by atoms with Crippen LogP contribution in [0.5, 0.6) is 11.5 Å². The van der Waals surface area contributed by atoms with Crippen LogP contribution in [0.15, 0.2) is 12.1 Å². The van der Waals surface area contributed by atoms with Crippen LogP contribution in [0.3, 0.4) is 0 Å². The minimum Gasteiger partial charge on any atom is -0.490 e. The average molecular weight is 242 g/mol. The zero-order valence-electron chi connectivity index (χ0n) is 8.88. The van der Waals surface area contributed by atoms with Gasteiger partial charge in [0.05, 0.1) is 23.9 Å². The second-order valence-electron chi connectivity index (χ2n) is 3.51. The number of benzene rings is 1. The molecule has 1 aromatic rings. The third-order valence-corrected chi connectivity index (χ3v) is 2.46. The van der Waals surface area contributed by atoms with Gasteiger partial charge in [0.1, 0.15) is 0 Å². The highest BCUT2D eigenvalue weighted by atomic mass is 35.5. The molecular weight excluding hydrogens is 230 g/mol. The Balaban J connectivity index is 2.34. The summed E-state index contributed by atoms with van der Waals surface area (Å²) in [7, 11) is 0. The number of hydrogen-bond acceptors (Lipinski definition) is 3. The van der Waals surface area contributed by atoms with Crippen molar-refractivity contribution >= 4 is 23.2 Å². The van der Waals surface area contributed by atoms with Crippen molar-refractivity contribution in [3.05, 3.63) is 17.2 Å². The normalized spacial score (nSPS) is 14.1. The number of halogens is 1. The smallest absolute Gasteiger partial charge is 0.221 e. The molecule has 0 bridgehead atoms. The summed E-state index contributed by atoms with van der Waals surface area (Å²) < 4.78 is 11.0. The van der Waals surface area contributed by atoms with Crippen molar-refractivity contribution in [3.63, 3.8) is 0 Å². The van der Waals surface area contributed by atoms with Gasteiger partial charge in [-0.2, -0.15) is 0 Å². The van der Waals surface area contributed by atoms with Crippen LogP contribution in [0.1, 0.15) is 13.3 Å². The predicted octanol–water partition coefficient (Wildman–Crippen LogP) is 2.46. The lowest BCUT2D eigenvalue weighted by atomic mass is 10.2. The van der Waals surface area contributed by atoms with Crippen molar-refractivity contribution in [2.75, 3.05) is 18.5 Å². The van der Waals surface area contributed by atoms with E-state index in [9.17, 15) is 4.79 Å². The quantitative estimate of drug-likeness (QED) is 0.822. The van der Waals surface area contributed by atoms with Crippen LogP contribution < -0.4 is 14.8 Å². The lowest BCUT2D eigenvalue weighted by Gasteiger charge is -2.11. The third kappa shape index (κ3) is 2.39. The molecule has 1 N–H and O–H groups in total. The molecule has 1 aromatic carbocycles. The average Bonchev–Trinajstić information content (AvgIpc) is 2.42. The van der Waals surface area contributed by atoms with E-state index in [4.69, 9.17) is 21.1 Å². The van der Waals surface area contributed by atoms with Crippen LogP contribution in [-0.2, 0) is 4.79 Å². The summed E-state index contributed by atoms with van der Waals surface area (Å²) in [5, 5.41) is 3.08. The first-order valence-electron chi connectivity index (χ1n) is 5.03. The monoisotopic (exact) mass is 241 g/mol. The van der Waals surface area contributed by atoms with E-state index in [0.717, 1.165) is 6.42 Å². The van der Waals surface area contributed by atoms with Gasteiger partial charge in [0, 0.05) is 25.5 Å². The van der Waals surface area contributed by atoms with Crippen LogP contribution in [-0.4, -0.2) is 19.1 Å². The molecule has 16 heavy (non-hydrogen) atoms. The van der Waals surface area contributed by atoms with E-state index in [1.54, 1.807) is 12.1 Å². The first-order valence-corrected chi connectivity index (χ1v) is 5.41. The molecule has 1 aliphatic rings. The van der Waals surface area contributed by atoms with E-state index in [1.807, 2.05) is 0 Å². The Bertz CT molecular complexity index is 420. The highest BCUT2D eigenvalue weighted by Gasteiger charge is 2.14. The first-order chi connectivity index (χ1) is 7.66. The van der Waals surface area contributed by atoms with Crippen molar-refractivity contribution in [1.29, 1.82) is 0 Å². The fourth-order valence-corrected chi connectivity index (χ4v) is 1.67. The molecule has 4 nitrogen and oxygen atoms in total. The van der Waals surface area contributed by atoms with Gasteiger partial charge >= 0.3 is 0 Å². The molecule has 0 atom stereocenters. The lowest BCUT2D eigenvalue weighted by Crippen LogP contribution is -2.06. The molecule has 1 aliphatic heterocycles. The number of rotatable bonds is 1. The highest BCUT2D eigenvalue weighted by Crippen LogP contribution is 2.37. The summed E-state index contributed by atoms with van der Waals surface area (Å²) in [6.45, 7) is 2.65. The Labute approximate surface area is 98.5 Å². The molecule has 0 unspecified atom stereocenters. The van der Waals surface area contributed by atoms with Gasteiger partial charge in [-0.3, -0.25) is 4.79 Å². The molecule has 5 heteroatoms. The zero-order chi connectivity index (χ0) is 11.5. The number of hydrogen-bond donors (Lipinski definition) is 1. The van der Waals surface area contributed by atoms with Crippen molar-refractivity contribution in [1.82, 2.24) is 0 Å². The van der Waals surface area contributed by atoms with Crippen molar-refractivity contribution in [2.45, 2.75) is 13.3 Å². The van der Waals surface area contributed by atoms with E-state index in [2.05, 4.69) is 5.32 Å². The third-order valence-electron chi connectivity index (χ3n) is 2.15. The van der Waals surface area contributed by atoms with Gasteiger partial charge in [-0.25, -0.2) is 0 Å². The van der Waals surface area contributed by atoms with Crippen LogP contribution in [0.2, 0.25) is 5.02 Å². The molecule has 86 valence electrons. The number of anilines is 1. The fraction of sp³-hybridized carbons (Fsp3) is 0.364. The predicted molar refractivity (Wildman–Crippen MR) is 61.4 cm³/mol. The first kappa shape index (κ1) is 11.1. The van der Waals surface area contributed by atoms with Gasteiger partial charge in [-0.05, 0) is 0 Å². The summed E-state index contributed by atoms with van der Waals surface area (Å²) in [5.74, 6) is 1.07. The molecular formula is C11H12ClNO3. The second kappa shape index (κ2) is 4.61. The van der Waals surface area contributed by atoms with Gasteiger partial charge < -0.3 is 14.8 Å². The number of fused-ring (bicyclic) bond motifs is 1. The van der Waals surface area contributed by atoms with Gasteiger partial charge in [0.2, 0.25) is 5.91 Å². The maximum Gasteiger partial charge on any atom is 0.221 e. The summed E-state index contributed by atoms with van der Waals surface area (Å²) in [6, 6.07) is 3.35. The minimum absolute atomic E-state index is 0.170. The summed E-state index contributed by atoms with van der Waals surface area (Å²) in [6.07, 6.45) is 0.835. The van der Waals surface area contributed by atoms with Crippen LogP contribution in [0.25, 0.3) is 0 Å². The van der Waals surface area contributed by atoms with E-state index < -0.39 is 0 Å². The number of amides is 1. The summed E-state index contributed by atoms with van der Waals surface area (Å²) in [5.41, 5.74) is 0.540. The molecule has 2 rings (SSSR count). The van der Waals surface area contributed by atoms with Gasteiger partial charge in [-0.15, -0.1) is 0 Å². The van der Waals surface area contributed by atoms with Crippen LogP contribution in [0, 0.1) is 0 Å². The molecule has 0 saturated carbocycles. The van der Waals surface area contributed by atoms with Crippen LogP contribution >= 0.6 is 11.6 Å². The maximum atomic E-state index is 11.0. The Morgan fingerprint density at radius 3 is 2.56 bits per heavy atom. The Morgan fingerprint density at radius 1 is 1.31 bits per heavy atom. The lowest BCUT2D eigenvalue weighted by molar-refractivity contribution is -0.114. The zero-order valence-corrected chi connectivity index (χ0v) is 9.63. The maximum absolute atomic E-state index is 11.0. The van der Waals surface area contributed by atoms with E-state index in [-0.39, 0.29) is 5.91 Å². The molecule has 0 radical (unpaired) electrons. The topological polar surface area (TPSA) is 47.6 Å². The summed E-state index contributed by atoms with van der Waals surface area (Å²) >= 11 is 6.01. The SMILES string of the molecule is CC(=O)Nc1cc2c(cc1Cl)OCCCO2. The van der Waals surface area contributed by atoms with E-state index in [0.29, 0.717) is 35.4 Å². The highest BCUT2D eigenvalue weighted by molar-refractivity contribution is 6.34.